The number of halogens is 1. The van der Waals surface area contributed by atoms with Crippen molar-refractivity contribution in [2.75, 3.05) is 13.2 Å². The van der Waals surface area contributed by atoms with E-state index in [0.29, 0.717) is 59.0 Å². The lowest BCUT2D eigenvalue weighted by atomic mass is 9.85. The van der Waals surface area contributed by atoms with E-state index in [9.17, 15) is 29.0 Å². The first-order valence-corrected chi connectivity index (χ1v) is 24.1. The molecule has 13 nitrogen and oxygen atoms in total. The van der Waals surface area contributed by atoms with Crippen molar-refractivity contribution in [1.82, 2.24) is 25.2 Å². The molecule has 324 valence electrons. The normalized spacial score (nSPS) is 27.8. The molecule has 2 aliphatic carbocycles. The number of pyridine rings is 1. The summed E-state index contributed by atoms with van der Waals surface area (Å²) in [6, 6.07) is 18.0. The highest BCUT2D eigenvalue weighted by molar-refractivity contribution is 7.57. The molecule has 3 aliphatic heterocycles. The van der Waals surface area contributed by atoms with Crippen molar-refractivity contribution in [3.63, 3.8) is 0 Å². The number of hydrogen-bond acceptors (Lipinski definition) is 10. The quantitative estimate of drug-likeness (QED) is 0.100. The van der Waals surface area contributed by atoms with E-state index in [1.807, 2.05) is 24.0 Å². The third kappa shape index (κ3) is 7.90. The monoisotopic (exact) mass is 880 g/mol. The molecule has 5 aliphatic rings. The Morgan fingerprint density at radius 1 is 1.06 bits per heavy atom. The molecule has 4 aromatic rings. The molecule has 2 saturated carbocycles. The fraction of sp³-hybridized carbons (Fsp3) is 0.478. The SMILES string of the molecule is CCCOC(=O)[C@H](C)N[P@](=O)(Oc1ccccc1)[C@@H](F)c1ccc2sc(C(=O)N[C@H]3C[C@@H]4C[C@@H]4C[C@H]4CC[C@@H](C(=O)N5C[C@H](c6cccnc6)[C@@H](C#N)C56CC6)N4C3=O)cc2c1. The number of hydrogen-bond donors (Lipinski definition) is 2. The van der Waals surface area contributed by atoms with Gasteiger partial charge in [-0.05, 0) is 123 Å². The first-order valence-electron chi connectivity index (χ1n) is 21.6. The number of fused-ring (bicyclic) bond motifs is 3. The molecular weight excluding hydrogens is 831 g/mol. The van der Waals surface area contributed by atoms with Gasteiger partial charge < -0.3 is 24.4 Å². The van der Waals surface area contributed by atoms with E-state index < -0.39 is 49.0 Å². The number of amides is 3. The van der Waals surface area contributed by atoms with Crippen molar-refractivity contribution in [3.8, 4) is 11.8 Å². The van der Waals surface area contributed by atoms with Crippen LogP contribution in [0.2, 0.25) is 0 Å². The van der Waals surface area contributed by atoms with Crippen LogP contribution in [-0.4, -0.2) is 81.3 Å². The fourth-order valence-electron chi connectivity index (χ4n) is 10.1. The molecule has 0 unspecified atom stereocenters. The highest BCUT2D eigenvalue weighted by atomic mass is 32.1. The second kappa shape index (κ2) is 16.8. The lowest BCUT2D eigenvalue weighted by molar-refractivity contribution is -0.148. The average Bonchev–Trinajstić information content (AvgIpc) is 4.06. The van der Waals surface area contributed by atoms with E-state index in [-0.39, 0.29) is 47.6 Å². The number of ether oxygens (including phenoxy) is 1. The van der Waals surface area contributed by atoms with E-state index in [1.54, 1.807) is 59.8 Å². The maximum Gasteiger partial charge on any atom is 0.355 e. The van der Waals surface area contributed by atoms with Crippen LogP contribution in [0.1, 0.15) is 97.8 Å². The minimum atomic E-state index is -4.46. The topological polar surface area (TPSA) is 171 Å². The van der Waals surface area contributed by atoms with Gasteiger partial charge in [0.2, 0.25) is 17.7 Å². The van der Waals surface area contributed by atoms with Crippen LogP contribution in [0.3, 0.4) is 0 Å². The van der Waals surface area contributed by atoms with Gasteiger partial charge in [0.05, 0.1) is 29.0 Å². The largest absolute Gasteiger partial charge is 0.465 e. The third-order valence-corrected chi connectivity index (χ3v) is 16.7. The van der Waals surface area contributed by atoms with Crippen molar-refractivity contribution >= 4 is 52.6 Å². The molecule has 2 aromatic heterocycles. The van der Waals surface area contributed by atoms with Crippen LogP contribution in [0.4, 0.5) is 4.39 Å². The number of para-hydroxylation sites is 1. The van der Waals surface area contributed by atoms with E-state index in [0.717, 1.165) is 31.2 Å². The number of nitrogens with zero attached hydrogens (tertiary/aromatic N) is 4. The number of benzene rings is 2. The third-order valence-electron chi connectivity index (χ3n) is 13.5. The zero-order valence-corrected chi connectivity index (χ0v) is 36.4. The van der Waals surface area contributed by atoms with Gasteiger partial charge in [-0.3, -0.25) is 28.7 Å². The Morgan fingerprint density at radius 3 is 2.58 bits per heavy atom. The second-order valence-electron chi connectivity index (χ2n) is 17.6. The second-order valence-corrected chi connectivity index (χ2v) is 20.7. The number of rotatable bonds is 13. The van der Waals surface area contributed by atoms with E-state index in [1.165, 1.54) is 30.4 Å². The molecule has 5 fully saturated rings. The maximum atomic E-state index is 16.6. The molecule has 5 heterocycles. The Bertz CT molecular complexity index is 2460. The molecule has 16 heteroatoms. The number of carbonyl (C=O) groups excluding carboxylic acids is 4. The first-order chi connectivity index (χ1) is 29.9. The molecular formula is C46H50FN6O7PS. The minimum Gasteiger partial charge on any atom is -0.465 e. The molecule has 2 aromatic carbocycles. The van der Waals surface area contributed by atoms with Crippen molar-refractivity contribution < 1.29 is 37.4 Å². The number of likely N-dealkylation sites (tertiary alicyclic amines) is 1. The summed E-state index contributed by atoms with van der Waals surface area (Å²) in [7, 11) is -4.46. The Morgan fingerprint density at radius 2 is 1.85 bits per heavy atom. The highest BCUT2D eigenvalue weighted by Gasteiger charge is 2.65. The van der Waals surface area contributed by atoms with Gasteiger partial charge in [-0.25, -0.2) is 9.48 Å². The van der Waals surface area contributed by atoms with Crippen LogP contribution in [-0.2, 0) is 23.7 Å². The van der Waals surface area contributed by atoms with Gasteiger partial charge in [0.1, 0.15) is 23.9 Å². The van der Waals surface area contributed by atoms with Crippen molar-refractivity contribution in [1.29, 1.82) is 5.26 Å². The van der Waals surface area contributed by atoms with E-state index >= 15 is 4.39 Å². The fourth-order valence-corrected chi connectivity index (χ4v) is 13.0. The molecule has 3 amide bonds. The van der Waals surface area contributed by atoms with Gasteiger partial charge in [0.25, 0.3) is 5.91 Å². The van der Waals surface area contributed by atoms with Crippen LogP contribution in [0, 0.1) is 29.1 Å². The Balaban J connectivity index is 0.931. The smallest absolute Gasteiger partial charge is 0.355 e. The van der Waals surface area contributed by atoms with Crippen molar-refractivity contribution in [2.24, 2.45) is 17.8 Å². The molecule has 10 atom stereocenters. The Hall–Kier alpha value is -5.16. The molecule has 2 N–H and O–H groups in total. The summed E-state index contributed by atoms with van der Waals surface area (Å²) in [6.07, 6.45) is 9.05. The number of aromatic nitrogens is 1. The molecule has 9 rings (SSSR count). The summed E-state index contributed by atoms with van der Waals surface area (Å²) in [6.45, 7) is 3.83. The number of alkyl halides is 1. The van der Waals surface area contributed by atoms with Crippen LogP contribution in [0.15, 0.2) is 79.1 Å². The first kappa shape index (κ1) is 42.2. The number of nitriles is 1. The summed E-state index contributed by atoms with van der Waals surface area (Å²) in [5.74, 6) is -3.37. The summed E-state index contributed by atoms with van der Waals surface area (Å²) in [5.41, 5.74) is 0.409. The minimum absolute atomic E-state index is 0.0210. The number of nitrogens with one attached hydrogen (secondary N) is 2. The lowest BCUT2D eigenvalue weighted by Gasteiger charge is -2.37. The molecule has 3 saturated heterocycles. The summed E-state index contributed by atoms with van der Waals surface area (Å²) in [4.78, 5) is 64.3. The van der Waals surface area contributed by atoms with Gasteiger partial charge in [-0.15, -0.1) is 11.3 Å². The number of esters is 1. The summed E-state index contributed by atoms with van der Waals surface area (Å²) in [5, 5.41) is 16.5. The Kier molecular flexibility index (Phi) is 11.5. The lowest BCUT2D eigenvalue weighted by Crippen LogP contribution is -2.58. The molecule has 1 spiro atoms. The summed E-state index contributed by atoms with van der Waals surface area (Å²) < 4.78 is 42.6. The van der Waals surface area contributed by atoms with E-state index in [4.69, 9.17) is 9.26 Å². The van der Waals surface area contributed by atoms with Gasteiger partial charge in [0, 0.05) is 35.6 Å². The molecule has 62 heavy (non-hydrogen) atoms. The number of thiophene rings is 1. The van der Waals surface area contributed by atoms with Gasteiger partial charge in [0.15, 0.2) is 0 Å². The van der Waals surface area contributed by atoms with E-state index in [2.05, 4.69) is 21.5 Å². The predicted molar refractivity (Wildman–Crippen MR) is 230 cm³/mol. The standard InChI is InChI=1S/C46H50FN6O7PS/c1-3-18-59-45(57)27(2)51-61(58,60-34-9-5-4-6-10-34)41(47)28-11-14-39-32(19-28)23-40(62-39)42(54)50-37-22-31-20-30(31)21-33-12-13-38(53(33)43(37)55)44(56)52-26-35(29-8-7-17-49-25-29)36(24-48)46(52)15-16-46/h4-11,14,17,19,23,25,27,30-31,33,35-38,41H,3,12-13,15-16,18,20-22,26H2,1-2H3,(H,50,54)(H,51,58)/t27-,30+,31-,33+,35+,36+,37-,38-,41+,61+/m0/s1. The zero-order valence-electron chi connectivity index (χ0n) is 34.7. The van der Waals surface area contributed by atoms with Gasteiger partial charge in [-0.2, -0.15) is 5.26 Å². The van der Waals surface area contributed by atoms with Crippen LogP contribution in [0.25, 0.3) is 10.1 Å². The highest BCUT2D eigenvalue weighted by Crippen LogP contribution is 2.59. The molecule has 0 bridgehead atoms. The van der Waals surface area contributed by atoms with Gasteiger partial charge in [-0.1, -0.05) is 37.3 Å². The van der Waals surface area contributed by atoms with Crippen LogP contribution in [0.5, 0.6) is 5.75 Å². The number of carbonyl (C=O) groups is 4. The van der Waals surface area contributed by atoms with Crippen molar-refractivity contribution in [2.45, 2.75) is 107 Å². The van der Waals surface area contributed by atoms with Crippen LogP contribution < -0.4 is 14.9 Å². The predicted octanol–water partition coefficient (Wildman–Crippen LogP) is 7.65. The Labute approximate surface area is 363 Å². The maximum absolute atomic E-state index is 16.6. The zero-order chi connectivity index (χ0) is 43.3. The van der Waals surface area contributed by atoms with Gasteiger partial charge >= 0.3 is 13.5 Å². The molecule has 0 radical (unpaired) electrons. The van der Waals surface area contributed by atoms with Crippen LogP contribution >= 0.6 is 18.9 Å². The van der Waals surface area contributed by atoms with Crippen molar-refractivity contribution in [3.05, 3.63) is 95.1 Å². The average molecular weight is 881 g/mol. The summed E-state index contributed by atoms with van der Waals surface area (Å²) >= 11 is 1.19.